The fourth-order valence-corrected chi connectivity index (χ4v) is 2.39. The van der Waals surface area contributed by atoms with E-state index in [1.54, 1.807) is 0 Å². The van der Waals surface area contributed by atoms with Crippen LogP contribution in [0.1, 0.15) is 25.7 Å². The molecule has 1 spiro atoms. The fraction of sp³-hybridized carbons (Fsp3) is 0.900. The molecule has 5 nitrogen and oxygen atoms in total. The second-order valence-electron chi connectivity index (χ2n) is 4.56. The second-order valence-corrected chi connectivity index (χ2v) is 4.56. The Hall–Kier alpha value is -0.810. The molecule has 2 rings (SSSR count). The van der Waals surface area contributed by atoms with Gasteiger partial charge in [-0.3, -0.25) is 0 Å². The highest BCUT2D eigenvalue weighted by Crippen LogP contribution is 2.34. The normalized spacial score (nSPS) is 30.5. The van der Waals surface area contributed by atoms with Crippen LogP contribution in [-0.2, 0) is 4.74 Å². The molecular weight excluding hydrogens is 196 g/mol. The van der Waals surface area contributed by atoms with Gasteiger partial charge in [-0.15, -0.1) is 0 Å². The second kappa shape index (κ2) is 3.98. The minimum Gasteiger partial charge on any atom is -0.465 e. The number of rotatable bonds is 0. The Morgan fingerprint density at radius 2 is 2.07 bits per heavy atom. The van der Waals surface area contributed by atoms with Crippen LogP contribution in [0.15, 0.2) is 0 Å². The van der Waals surface area contributed by atoms with E-state index in [1.165, 1.54) is 4.90 Å². The van der Waals surface area contributed by atoms with Crippen molar-refractivity contribution in [2.45, 2.75) is 37.3 Å². The Kier molecular flexibility index (Phi) is 2.84. The van der Waals surface area contributed by atoms with Gasteiger partial charge in [0.1, 0.15) is 0 Å². The molecule has 15 heavy (non-hydrogen) atoms. The molecule has 5 heteroatoms. The summed E-state index contributed by atoms with van der Waals surface area (Å²) in [6.45, 7) is 1.79. The molecular formula is C10H18N2O3. The lowest BCUT2D eigenvalue weighted by Crippen LogP contribution is -2.52. The van der Waals surface area contributed by atoms with Crippen LogP contribution in [0.25, 0.3) is 0 Å². The van der Waals surface area contributed by atoms with Gasteiger partial charge in [-0.05, 0) is 25.7 Å². The van der Waals surface area contributed by atoms with Gasteiger partial charge in [-0.25, -0.2) is 4.79 Å². The van der Waals surface area contributed by atoms with Crippen molar-refractivity contribution in [1.82, 2.24) is 4.90 Å². The number of piperidine rings is 1. The number of carbonyl (C=O) groups is 1. The molecule has 3 N–H and O–H groups in total. The lowest BCUT2D eigenvalue weighted by Gasteiger charge is -2.44. The Balaban J connectivity index is 1.89. The number of likely N-dealkylation sites (tertiary alicyclic amines) is 1. The van der Waals surface area contributed by atoms with Crippen LogP contribution in [0.2, 0.25) is 0 Å². The summed E-state index contributed by atoms with van der Waals surface area (Å²) in [5.41, 5.74) is 5.69. The highest BCUT2D eigenvalue weighted by Gasteiger charge is 2.39. The SMILES string of the molecule is NC1CCC2(CCN(C(=O)O)CC2)OC1. The maximum Gasteiger partial charge on any atom is 0.407 e. The molecule has 0 aromatic carbocycles. The van der Waals surface area contributed by atoms with Crippen LogP contribution >= 0.6 is 0 Å². The van der Waals surface area contributed by atoms with Crippen molar-refractivity contribution in [3.8, 4) is 0 Å². The Morgan fingerprint density at radius 3 is 2.53 bits per heavy atom. The average Bonchev–Trinajstić information content (AvgIpc) is 2.24. The third-order valence-electron chi connectivity index (χ3n) is 3.52. The first-order valence-corrected chi connectivity index (χ1v) is 5.49. The largest absolute Gasteiger partial charge is 0.465 e. The van der Waals surface area contributed by atoms with E-state index < -0.39 is 6.09 Å². The first-order valence-electron chi connectivity index (χ1n) is 5.49. The summed E-state index contributed by atoms with van der Waals surface area (Å²) in [6, 6.07) is 0.160. The van der Waals surface area contributed by atoms with Gasteiger partial charge in [0.2, 0.25) is 0 Å². The number of ether oxygens (including phenoxy) is 1. The molecule has 0 aliphatic carbocycles. The maximum absolute atomic E-state index is 10.7. The molecule has 2 aliphatic rings. The van der Waals surface area contributed by atoms with Gasteiger partial charge in [0.25, 0.3) is 0 Å². The van der Waals surface area contributed by atoms with Crippen LogP contribution in [0.5, 0.6) is 0 Å². The summed E-state index contributed by atoms with van der Waals surface area (Å²) in [4.78, 5) is 12.2. The Morgan fingerprint density at radius 1 is 1.40 bits per heavy atom. The maximum atomic E-state index is 10.7. The highest BCUT2D eigenvalue weighted by atomic mass is 16.5. The smallest absolute Gasteiger partial charge is 0.407 e. The first-order chi connectivity index (χ1) is 7.11. The summed E-state index contributed by atoms with van der Waals surface area (Å²) < 4.78 is 5.80. The van der Waals surface area contributed by atoms with Crippen LogP contribution in [0.4, 0.5) is 4.79 Å². The quantitative estimate of drug-likeness (QED) is 0.620. The molecule has 0 saturated carbocycles. The van der Waals surface area contributed by atoms with Gasteiger partial charge in [-0.1, -0.05) is 0 Å². The summed E-state index contributed by atoms with van der Waals surface area (Å²) in [5.74, 6) is 0. The number of nitrogens with zero attached hydrogens (tertiary/aromatic N) is 1. The predicted octanol–water partition coefficient (Wildman–Crippen LogP) is 0.637. The van der Waals surface area contributed by atoms with E-state index >= 15 is 0 Å². The number of hydrogen-bond acceptors (Lipinski definition) is 3. The number of hydrogen-bond donors (Lipinski definition) is 2. The minimum atomic E-state index is -0.822. The molecule has 2 fully saturated rings. The van der Waals surface area contributed by atoms with Crippen molar-refractivity contribution in [1.29, 1.82) is 0 Å². The average molecular weight is 214 g/mol. The molecule has 0 bridgehead atoms. The number of nitrogens with two attached hydrogens (primary N) is 1. The molecule has 2 saturated heterocycles. The van der Waals surface area contributed by atoms with E-state index in [0.29, 0.717) is 19.7 Å². The van der Waals surface area contributed by atoms with Crippen molar-refractivity contribution in [3.63, 3.8) is 0 Å². The molecule has 86 valence electrons. The van der Waals surface area contributed by atoms with E-state index in [-0.39, 0.29) is 11.6 Å². The fourth-order valence-electron chi connectivity index (χ4n) is 2.39. The van der Waals surface area contributed by atoms with Gasteiger partial charge in [0, 0.05) is 19.1 Å². The highest BCUT2D eigenvalue weighted by molar-refractivity contribution is 5.65. The molecule has 2 aliphatic heterocycles. The van der Waals surface area contributed by atoms with Gasteiger partial charge in [-0.2, -0.15) is 0 Å². The van der Waals surface area contributed by atoms with Crippen LogP contribution in [0, 0.1) is 0 Å². The lowest BCUT2D eigenvalue weighted by molar-refractivity contribution is -0.113. The van der Waals surface area contributed by atoms with Crippen molar-refractivity contribution >= 4 is 6.09 Å². The topological polar surface area (TPSA) is 75.8 Å². The Bertz CT molecular complexity index is 239. The van der Waals surface area contributed by atoms with E-state index in [1.807, 2.05) is 0 Å². The number of amides is 1. The van der Waals surface area contributed by atoms with Crippen molar-refractivity contribution in [2.24, 2.45) is 5.73 Å². The van der Waals surface area contributed by atoms with Gasteiger partial charge in [0.15, 0.2) is 0 Å². The first kappa shape index (κ1) is 10.7. The van der Waals surface area contributed by atoms with E-state index in [4.69, 9.17) is 15.6 Å². The van der Waals surface area contributed by atoms with Crippen molar-refractivity contribution < 1.29 is 14.6 Å². The number of carboxylic acid groups (broad SMARTS) is 1. The zero-order chi connectivity index (χ0) is 10.9. The van der Waals surface area contributed by atoms with Crippen molar-refractivity contribution in [2.75, 3.05) is 19.7 Å². The van der Waals surface area contributed by atoms with Crippen LogP contribution < -0.4 is 5.73 Å². The van der Waals surface area contributed by atoms with Crippen LogP contribution in [-0.4, -0.2) is 47.4 Å². The molecule has 1 atom stereocenters. The van der Waals surface area contributed by atoms with E-state index in [0.717, 1.165) is 25.7 Å². The zero-order valence-electron chi connectivity index (χ0n) is 8.82. The summed E-state index contributed by atoms with van der Waals surface area (Å²) in [6.07, 6.45) is 2.77. The lowest BCUT2D eigenvalue weighted by atomic mass is 9.84. The third-order valence-corrected chi connectivity index (χ3v) is 3.52. The zero-order valence-corrected chi connectivity index (χ0v) is 8.82. The minimum absolute atomic E-state index is 0.0815. The van der Waals surface area contributed by atoms with Crippen molar-refractivity contribution in [3.05, 3.63) is 0 Å². The predicted molar refractivity (Wildman–Crippen MR) is 54.7 cm³/mol. The standard InChI is InChI=1S/C10H18N2O3/c11-8-1-2-10(15-7-8)3-5-12(6-4-10)9(13)14/h8H,1-7,11H2,(H,13,14). The molecule has 1 unspecified atom stereocenters. The molecule has 1 amide bonds. The van der Waals surface area contributed by atoms with E-state index in [9.17, 15) is 4.79 Å². The van der Waals surface area contributed by atoms with Gasteiger partial charge >= 0.3 is 6.09 Å². The molecule has 2 heterocycles. The molecule has 0 aromatic heterocycles. The monoisotopic (exact) mass is 214 g/mol. The molecule has 0 radical (unpaired) electrons. The van der Waals surface area contributed by atoms with Gasteiger partial charge in [0.05, 0.1) is 12.2 Å². The van der Waals surface area contributed by atoms with Gasteiger partial charge < -0.3 is 20.5 Å². The van der Waals surface area contributed by atoms with Crippen LogP contribution in [0.3, 0.4) is 0 Å². The van der Waals surface area contributed by atoms with E-state index in [2.05, 4.69) is 0 Å². The summed E-state index contributed by atoms with van der Waals surface area (Å²) in [7, 11) is 0. The Labute approximate surface area is 89.2 Å². The summed E-state index contributed by atoms with van der Waals surface area (Å²) in [5, 5.41) is 8.83. The molecule has 0 aromatic rings. The third kappa shape index (κ3) is 2.23. The summed E-state index contributed by atoms with van der Waals surface area (Å²) >= 11 is 0.